The Bertz CT molecular complexity index is 794. The Morgan fingerprint density at radius 1 is 1.46 bits per heavy atom. The van der Waals surface area contributed by atoms with Gasteiger partial charge in [-0.3, -0.25) is 14.3 Å². The number of halogens is 3. The monoisotopic (exact) mass is 429 g/mol. The van der Waals surface area contributed by atoms with Gasteiger partial charge in [0, 0.05) is 12.5 Å². The molecule has 1 aromatic rings. The third kappa shape index (κ3) is 4.67. The van der Waals surface area contributed by atoms with Crippen LogP contribution in [0.3, 0.4) is 0 Å². The summed E-state index contributed by atoms with van der Waals surface area (Å²) in [5.41, 5.74) is -3.35. The highest BCUT2D eigenvalue weighted by Gasteiger charge is 2.50. The first-order valence-electron chi connectivity index (χ1n) is 8.58. The molecule has 0 aromatic carbocycles. The maximum atomic E-state index is 14.5. The number of ether oxygens (including phenoxy) is 1. The Kier molecular flexibility index (Phi) is 6.79. The molecule has 4 N–H and O–H groups in total. The van der Waals surface area contributed by atoms with Crippen LogP contribution >= 0.6 is 7.60 Å². The molecule has 0 amide bonds. The SMILES string of the molecule is CCC(C)(C[C@H]1O[C@@H](c2c(F)cc(=O)[nH]c2F)[C@@H](F)C1O)OP(=O)(O)C(C)O. The first kappa shape index (κ1) is 23.1. The maximum Gasteiger partial charge on any atom is 0.356 e. The molecular formula is C16H23F3NO7P. The number of aromatic nitrogens is 1. The highest BCUT2D eigenvalue weighted by Crippen LogP contribution is 2.52. The van der Waals surface area contributed by atoms with Gasteiger partial charge in [0.05, 0.1) is 17.3 Å². The Morgan fingerprint density at radius 2 is 2.07 bits per heavy atom. The van der Waals surface area contributed by atoms with Crippen LogP contribution in [-0.2, 0) is 13.8 Å². The van der Waals surface area contributed by atoms with E-state index in [1.165, 1.54) is 6.92 Å². The van der Waals surface area contributed by atoms with Crippen molar-refractivity contribution in [3.8, 4) is 0 Å². The van der Waals surface area contributed by atoms with Crippen LogP contribution in [0.2, 0.25) is 0 Å². The zero-order chi connectivity index (χ0) is 21.4. The third-order valence-electron chi connectivity index (χ3n) is 4.79. The van der Waals surface area contributed by atoms with Gasteiger partial charge in [0.25, 0.3) is 5.56 Å². The van der Waals surface area contributed by atoms with Crippen LogP contribution in [0.25, 0.3) is 0 Å². The quantitative estimate of drug-likeness (QED) is 0.385. The summed E-state index contributed by atoms with van der Waals surface area (Å²) in [6.45, 7) is 4.05. The summed E-state index contributed by atoms with van der Waals surface area (Å²) < 4.78 is 64.9. The molecule has 7 atom stereocenters. The van der Waals surface area contributed by atoms with E-state index >= 15 is 0 Å². The number of aromatic amines is 1. The molecule has 0 aliphatic carbocycles. The van der Waals surface area contributed by atoms with E-state index < -0.39 is 66.4 Å². The molecular weight excluding hydrogens is 406 g/mol. The van der Waals surface area contributed by atoms with E-state index in [-0.39, 0.29) is 12.8 Å². The lowest BCUT2D eigenvalue weighted by molar-refractivity contribution is -0.0502. The smallest absolute Gasteiger partial charge is 0.356 e. The normalized spacial score (nSPS) is 30.6. The molecule has 2 heterocycles. The highest BCUT2D eigenvalue weighted by molar-refractivity contribution is 7.53. The van der Waals surface area contributed by atoms with Crippen molar-refractivity contribution in [1.82, 2.24) is 4.98 Å². The Hall–Kier alpha value is -1.23. The van der Waals surface area contributed by atoms with E-state index in [0.29, 0.717) is 6.07 Å². The molecule has 0 radical (unpaired) electrons. The van der Waals surface area contributed by atoms with Gasteiger partial charge in [-0.2, -0.15) is 4.39 Å². The zero-order valence-corrected chi connectivity index (χ0v) is 16.3. The van der Waals surface area contributed by atoms with Crippen LogP contribution in [0.15, 0.2) is 10.9 Å². The van der Waals surface area contributed by atoms with E-state index in [0.717, 1.165) is 6.92 Å². The average molecular weight is 429 g/mol. The van der Waals surface area contributed by atoms with Crippen molar-refractivity contribution in [2.45, 2.75) is 69.5 Å². The van der Waals surface area contributed by atoms with Gasteiger partial charge >= 0.3 is 7.60 Å². The van der Waals surface area contributed by atoms with Gasteiger partial charge in [-0.05, 0) is 20.3 Å². The molecule has 160 valence electrons. The number of rotatable bonds is 7. The minimum Gasteiger partial charge on any atom is -0.387 e. The van der Waals surface area contributed by atoms with Gasteiger partial charge in [0.2, 0.25) is 5.95 Å². The van der Waals surface area contributed by atoms with Gasteiger partial charge in [-0.1, -0.05) is 6.92 Å². The van der Waals surface area contributed by atoms with Crippen molar-refractivity contribution in [2.75, 3.05) is 0 Å². The van der Waals surface area contributed by atoms with Gasteiger partial charge in [0.15, 0.2) is 12.0 Å². The standard InChI is InChI=1S/C16H23F3NO7P/c1-4-16(3,27-28(24,25)7(2)21)6-9-13(23)12(18)14(26-9)11-8(17)5-10(22)20-15(11)19/h5,7,9,12-14,21,23H,4,6H2,1-3H3,(H,20,22)(H,24,25)/t7?,9-,12+,13?,14+,16?/m1/s1. The number of pyridine rings is 1. The van der Waals surface area contributed by atoms with Crippen LogP contribution in [0.1, 0.15) is 45.3 Å². The van der Waals surface area contributed by atoms with Crippen molar-refractivity contribution in [1.29, 1.82) is 0 Å². The number of hydrogen-bond donors (Lipinski definition) is 4. The lowest BCUT2D eigenvalue weighted by Crippen LogP contribution is -2.38. The van der Waals surface area contributed by atoms with E-state index in [1.807, 2.05) is 0 Å². The van der Waals surface area contributed by atoms with E-state index in [9.17, 15) is 37.6 Å². The topological polar surface area (TPSA) is 129 Å². The minimum atomic E-state index is -4.42. The molecule has 4 unspecified atom stereocenters. The van der Waals surface area contributed by atoms with Crippen LogP contribution in [0.5, 0.6) is 0 Å². The van der Waals surface area contributed by atoms with E-state index in [1.54, 1.807) is 11.9 Å². The Labute approximate surface area is 158 Å². The number of aliphatic hydroxyl groups excluding tert-OH is 2. The van der Waals surface area contributed by atoms with Crippen molar-refractivity contribution >= 4 is 7.60 Å². The fourth-order valence-electron chi connectivity index (χ4n) is 2.96. The second-order valence-electron chi connectivity index (χ2n) is 7.03. The number of alkyl halides is 1. The molecule has 12 heteroatoms. The van der Waals surface area contributed by atoms with Gasteiger partial charge in [0.1, 0.15) is 18.0 Å². The molecule has 1 aliphatic rings. The molecule has 28 heavy (non-hydrogen) atoms. The minimum absolute atomic E-state index is 0.125. The molecule has 1 saturated heterocycles. The molecule has 8 nitrogen and oxygen atoms in total. The van der Waals surface area contributed by atoms with Crippen LogP contribution < -0.4 is 5.56 Å². The second-order valence-corrected chi connectivity index (χ2v) is 9.09. The number of H-pyrrole nitrogens is 1. The fourth-order valence-corrected chi connectivity index (χ4v) is 3.95. The summed E-state index contributed by atoms with van der Waals surface area (Å²) >= 11 is 0. The van der Waals surface area contributed by atoms with E-state index in [2.05, 4.69) is 0 Å². The third-order valence-corrected chi connectivity index (χ3v) is 6.44. The fraction of sp³-hybridized carbons (Fsp3) is 0.688. The molecule has 0 bridgehead atoms. The van der Waals surface area contributed by atoms with Crippen molar-refractivity contribution in [3.05, 3.63) is 33.7 Å². The zero-order valence-electron chi connectivity index (χ0n) is 15.4. The van der Waals surface area contributed by atoms with Gasteiger partial charge in [-0.15, -0.1) is 0 Å². The Balaban J connectivity index is 2.27. The lowest BCUT2D eigenvalue weighted by atomic mass is 9.92. The summed E-state index contributed by atoms with van der Waals surface area (Å²) in [6.07, 6.45) is -7.38. The van der Waals surface area contributed by atoms with Crippen LogP contribution in [-0.4, -0.2) is 49.9 Å². The lowest BCUT2D eigenvalue weighted by Gasteiger charge is -2.34. The summed E-state index contributed by atoms with van der Waals surface area (Å²) in [5, 5.41) is 19.5. The summed E-state index contributed by atoms with van der Waals surface area (Å²) in [4.78, 5) is 22.5. The van der Waals surface area contributed by atoms with Crippen molar-refractivity contribution in [2.24, 2.45) is 0 Å². The maximum absolute atomic E-state index is 14.5. The number of hydrogen-bond acceptors (Lipinski definition) is 6. The predicted molar refractivity (Wildman–Crippen MR) is 91.4 cm³/mol. The van der Waals surface area contributed by atoms with E-state index in [4.69, 9.17) is 9.26 Å². The molecule has 1 aromatic heterocycles. The first-order chi connectivity index (χ1) is 12.8. The summed E-state index contributed by atoms with van der Waals surface area (Å²) in [5.74, 6) is -4.43. The predicted octanol–water partition coefficient (Wildman–Crippen LogP) is 1.89. The number of nitrogens with one attached hydrogen (secondary N) is 1. The molecule has 1 aliphatic heterocycles. The second kappa shape index (κ2) is 8.25. The highest BCUT2D eigenvalue weighted by atomic mass is 31.2. The molecule has 1 fully saturated rings. The van der Waals surface area contributed by atoms with Crippen LogP contribution in [0, 0.1) is 11.8 Å². The Morgan fingerprint density at radius 3 is 2.57 bits per heavy atom. The average Bonchev–Trinajstić information content (AvgIpc) is 2.81. The van der Waals surface area contributed by atoms with Crippen LogP contribution in [0.4, 0.5) is 13.2 Å². The summed E-state index contributed by atoms with van der Waals surface area (Å²) in [7, 11) is -4.42. The van der Waals surface area contributed by atoms with Crippen molar-refractivity contribution < 1.29 is 42.1 Å². The molecule has 0 spiro atoms. The molecule has 0 saturated carbocycles. The number of aliphatic hydroxyl groups is 2. The summed E-state index contributed by atoms with van der Waals surface area (Å²) in [6, 6.07) is 0.429. The largest absolute Gasteiger partial charge is 0.387 e. The molecule has 2 rings (SSSR count). The van der Waals surface area contributed by atoms with Crippen molar-refractivity contribution in [3.63, 3.8) is 0 Å². The van der Waals surface area contributed by atoms with Gasteiger partial charge < -0.3 is 24.4 Å². The first-order valence-corrected chi connectivity index (χ1v) is 10.2. The van der Waals surface area contributed by atoms with Gasteiger partial charge in [-0.25, -0.2) is 8.78 Å².